The molecule has 0 atom stereocenters. The Morgan fingerprint density at radius 1 is 1.38 bits per heavy atom. The molecule has 0 aromatic carbocycles. The number of carbonyl (C=O) groups excluding carboxylic acids is 1. The molecule has 0 unspecified atom stereocenters. The number of piperidine rings is 1. The van der Waals surface area contributed by atoms with Gasteiger partial charge in [0.2, 0.25) is 5.91 Å². The number of ether oxygens (including phenoxy) is 1. The molecule has 2 rings (SSSR count). The summed E-state index contributed by atoms with van der Waals surface area (Å²) in [5.74, 6) is 0.0925. The summed E-state index contributed by atoms with van der Waals surface area (Å²) >= 11 is 0. The van der Waals surface area contributed by atoms with Crippen molar-refractivity contribution < 1.29 is 9.53 Å². The predicted molar refractivity (Wildman–Crippen MR) is 81.0 cm³/mol. The molecule has 0 saturated carbocycles. The van der Waals surface area contributed by atoms with Gasteiger partial charge in [0.25, 0.3) is 0 Å². The molecule has 2 heterocycles. The number of amides is 1. The van der Waals surface area contributed by atoms with Crippen molar-refractivity contribution in [2.75, 3.05) is 26.8 Å². The third kappa shape index (κ3) is 3.83. The highest BCUT2D eigenvalue weighted by molar-refractivity contribution is 5.77. The van der Waals surface area contributed by atoms with E-state index in [9.17, 15) is 4.79 Å². The first-order valence-corrected chi connectivity index (χ1v) is 7.52. The van der Waals surface area contributed by atoms with E-state index in [0.29, 0.717) is 6.04 Å². The van der Waals surface area contributed by atoms with Gasteiger partial charge in [-0.05, 0) is 26.7 Å². The van der Waals surface area contributed by atoms with Crippen LogP contribution < -0.4 is 5.32 Å². The van der Waals surface area contributed by atoms with E-state index in [2.05, 4.69) is 24.3 Å². The SMILES string of the molecule is COCC(=O)N1CCC(NCc2c(C)nn(C)c2C)CC1. The Kier molecular flexibility index (Phi) is 5.36. The first-order chi connectivity index (χ1) is 10.0. The monoisotopic (exact) mass is 294 g/mol. The van der Waals surface area contributed by atoms with Gasteiger partial charge in [0, 0.05) is 51.1 Å². The minimum absolute atomic E-state index is 0.0925. The third-order valence-electron chi connectivity index (χ3n) is 4.34. The lowest BCUT2D eigenvalue weighted by atomic mass is 10.0. The van der Waals surface area contributed by atoms with Crippen LogP contribution in [-0.4, -0.2) is 53.4 Å². The molecule has 1 aliphatic heterocycles. The molecule has 6 nitrogen and oxygen atoms in total. The van der Waals surface area contributed by atoms with Crippen molar-refractivity contribution in [1.82, 2.24) is 20.0 Å². The third-order valence-corrected chi connectivity index (χ3v) is 4.34. The van der Waals surface area contributed by atoms with Crippen LogP contribution in [0.2, 0.25) is 0 Å². The summed E-state index contributed by atoms with van der Waals surface area (Å²) in [6.45, 7) is 6.81. The number of aromatic nitrogens is 2. The number of nitrogens with one attached hydrogen (secondary N) is 1. The van der Waals surface area contributed by atoms with Crippen LogP contribution >= 0.6 is 0 Å². The van der Waals surface area contributed by atoms with Crippen LogP contribution in [0.15, 0.2) is 0 Å². The molecule has 1 aromatic heterocycles. The van der Waals surface area contributed by atoms with E-state index in [1.165, 1.54) is 11.3 Å². The van der Waals surface area contributed by atoms with E-state index < -0.39 is 0 Å². The van der Waals surface area contributed by atoms with Gasteiger partial charge in [0.1, 0.15) is 6.61 Å². The molecule has 1 saturated heterocycles. The van der Waals surface area contributed by atoms with Gasteiger partial charge in [-0.3, -0.25) is 9.48 Å². The number of carbonyl (C=O) groups is 1. The molecular weight excluding hydrogens is 268 g/mol. The molecule has 0 aliphatic carbocycles. The number of rotatable bonds is 5. The zero-order valence-electron chi connectivity index (χ0n) is 13.5. The van der Waals surface area contributed by atoms with Crippen molar-refractivity contribution in [2.24, 2.45) is 7.05 Å². The van der Waals surface area contributed by atoms with Crippen LogP contribution in [0.5, 0.6) is 0 Å². The fourth-order valence-corrected chi connectivity index (χ4v) is 2.87. The van der Waals surface area contributed by atoms with Gasteiger partial charge >= 0.3 is 0 Å². The van der Waals surface area contributed by atoms with Crippen molar-refractivity contribution >= 4 is 5.91 Å². The molecule has 1 aromatic rings. The average Bonchev–Trinajstić information content (AvgIpc) is 2.71. The summed E-state index contributed by atoms with van der Waals surface area (Å²) in [5, 5.41) is 8.04. The van der Waals surface area contributed by atoms with Crippen molar-refractivity contribution in [3.05, 3.63) is 17.0 Å². The second-order valence-corrected chi connectivity index (χ2v) is 5.74. The van der Waals surface area contributed by atoms with Gasteiger partial charge in [0.15, 0.2) is 0 Å². The van der Waals surface area contributed by atoms with Gasteiger partial charge in [-0.2, -0.15) is 5.10 Å². The summed E-state index contributed by atoms with van der Waals surface area (Å²) < 4.78 is 6.83. The Labute approximate surface area is 126 Å². The standard InChI is InChI=1S/C15H26N4O2/c1-11-14(12(2)18(3)17-11)9-16-13-5-7-19(8-6-13)15(20)10-21-4/h13,16H,5-10H2,1-4H3. The Balaban J connectivity index is 1.80. The zero-order valence-corrected chi connectivity index (χ0v) is 13.5. The number of methoxy groups -OCH3 is 1. The Hall–Kier alpha value is -1.40. The molecule has 1 N–H and O–H groups in total. The molecule has 118 valence electrons. The smallest absolute Gasteiger partial charge is 0.248 e. The molecule has 1 amide bonds. The summed E-state index contributed by atoms with van der Waals surface area (Å²) in [4.78, 5) is 13.6. The van der Waals surface area contributed by atoms with Gasteiger partial charge in [-0.25, -0.2) is 0 Å². The van der Waals surface area contributed by atoms with Gasteiger partial charge in [0.05, 0.1) is 5.69 Å². The number of nitrogens with zero attached hydrogens (tertiary/aromatic N) is 3. The highest BCUT2D eigenvalue weighted by atomic mass is 16.5. The molecule has 1 fully saturated rings. The fourth-order valence-electron chi connectivity index (χ4n) is 2.87. The Morgan fingerprint density at radius 3 is 2.57 bits per heavy atom. The van der Waals surface area contributed by atoms with Crippen molar-refractivity contribution in [3.8, 4) is 0 Å². The number of hydrogen-bond acceptors (Lipinski definition) is 4. The van der Waals surface area contributed by atoms with Gasteiger partial charge in [-0.1, -0.05) is 0 Å². The minimum Gasteiger partial charge on any atom is -0.375 e. The summed E-state index contributed by atoms with van der Waals surface area (Å²) in [5.41, 5.74) is 3.60. The van der Waals surface area contributed by atoms with Crippen LogP contribution in [-0.2, 0) is 23.1 Å². The highest BCUT2D eigenvalue weighted by Gasteiger charge is 2.22. The second kappa shape index (κ2) is 7.04. The van der Waals surface area contributed by atoms with E-state index >= 15 is 0 Å². The van der Waals surface area contributed by atoms with E-state index in [1.807, 2.05) is 16.6 Å². The normalized spacial score (nSPS) is 16.5. The molecule has 21 heavy (non-hydrogen) atoms. The largest absolute Gasteiger partial charge is 0.375 e. The molecule has 6 heteroatoms. The van der Waals surface area contributed by atoms with E-state index in [1.54, 1.807) is 7.11 Å². The number of aryl methyl sites for hydroxylation is 2. The summed E-state index contributed by atoms with van der Waals surface area (Å²) in [6.07, 6.45) is 1.99. The van der Waals surface area contributed by atoms with Crippen molar-refractivity contribution in [2.45, 2.75) is 39.3 Å². The zero-order chi connectivity index (χ0) is 15.4. The van der Waals surface area contributed by atoms with Crippen LogP contribution in [0.25, 0.3) is 0 Å². The number of likely N-dealkylation sites (tertiary alicyclic amines) is 1. The highest BCUT2D eigenvalue weighted by Crippen LogP contribution is 2.15. The minimum atomic E-state index is 0.0925. The quantitative estimate of drug-likeness (QED) is 0.871. The molecule has 0 bridgehead atoms. The van der Waals surface area contributed by atoms with Gasteiger partial charge < -0.3 is 15.0 Å². The van der Waals surface area contributed by atoms with Gasteiger partial charge in [-0.15, -0.1) is 0 Å². The summed E-state index contributed by atoms with van der Waals surface area (Å²) in [6, 6.07) is 0.468. The van der Waals surface area contributed by atoms with Crippen molar-refractivity contribution in [1.29, 1.82) is 0 Å². The topological polar surface area (TPSA) is 59.4 Å². The first kappa shape index (κ1) is 16.0. The summed E-state index contributed by atoms with van der Waals surface area (Å²) in [7, 11) is 3.54. The lowest BCUT2D eigenvalue weighted by Gasteiger charge is -2.32. The lowest BCUT2D eigenvalue weighted by molar-refractivity contribution is -0.136. The van der Waals surface area contributed by atoms with Crippen LogP contribution in [0.1, 0.15) is 29.8 Å². The van der Waals surface area contributed by atoms with E-state index in [0.717, 1.165) is 38.2 Å². The molecule has 1 aliphatic rings. The molecular formula is C15H26N4O2. The fraction of sp³-hybridized carbons (Fsp3) is 0.733. The lowest BCUT2D eigenvalue weighted by Crippen LogP contribution is -2.45. The molecule has 0 spiro atoms. The van der Waals surface area contributed by atoms with Crippen LogP contribution in [0.3, 0.4) is 0 Å². The Morgan fingerprint density at radius 2 is 2.05 bits per heavy atom. The van der Waals surface area contributed by atoms with Crippen LogP contribution in [0, 0.1) is 13.8 Å². The first-order valence-electron chi connectivity index (χ1n) is 7.52. The van der Waals surface area contributed by atoms with Crippen LogP contribution in [0.4, 0.5) is 0 Å². The maximum atomic E-state index is 11.7. The average molecular weight is 294 g/mol. The number of hydrogen-bond donors (Lipinski definition) is 1. The maximum absolute atomic E-state index is 11.7. The van der Waals surface area contributed by atoms with Crippen molar-refractivity contribution in [3.63, 3.8) is 0 Å². The Bertz CT molecular complexity index is 490. The van der Waals surface area contributed by atoms with E-state index in [-0.39, 0.29) is 12.5 Å². The maximum Gasteiger partial charge on any atom is 0.248 e. The van der Waals surface area contributed by atoms with E-state index in [4.69, 9.17) is 4.74 Å². The second-order valence-electron chi connectivity index (χ2n) is 5.74. The predicted octanol–water partition coefficient (Wildman–Crippen LogP) is 0.764. The molecule has 0 radical (unpaired) electrons.